The summed E-state index contributed by atoms with van der Waals surface area (Å²) in [4.78, 5) is 9.98. The fourth-order valence-electron chi connectivity index (χ4n) is 4.88. The predicted octanol–water partition coefficient (Wildman–Crippen LogP) is 7.45. The highest BCUT2D eigenvalue weighted by atomic mass is 16.3. The second kappa shape index (κ2) is 6.78. The Morgan fingerprint density at radius 2 is 1.33 bits per heavy atom. The van der Waals surface area contributed by atoms with Crippen LogP contribution in [0.5, 0.6) is 0 Å². The summed E-state index contributed by atoms with van der Waals surface area (Å²) in [6.45, 7) is 2.04. The molecular weight excluding hydrogens is 406 g/mol. The van der Waals surface area contributed by atoms with Gasteiger partial charge in [-0.15, -0.1) is 0 Å². The zero-order valence-corrected chi connectivity index (χ0v) is 18.0. The third kappa shape index (κ3) is 2.58. The molecule has 3 aromatic heterocycles. The lowest BCUT2D eigenvalue weighted by Gasteiger charge is -2.11. The van der Waals surface area contributed by atoms with Crippen molar-refractivity contribution in [3.63, 3.8) is 0 Å². The minimum Gasteiger partial charge on any atom is -0.455 e. The van der Waals surface area contributed by atoms with Gasteiger partial charge in [-0.2, -0.15) is 0 Å². The van der Waals surface area contributed by atoms with Crippen LogP contribution in [0.1, 0.15) is 5.69 Å². The van der Waals surface area contributed by atoms with Crippen LogP contribution in [0.3, 0.4) is 0 Å². The molecule has 4 heteroatoms. The second-order valence-corrected chi connectivity index (χ2v) is 8.30. The molecule has 0 aliphatic carbocycles. The number of rotatable bonds is 2. The molecule has 0 N–H and O–H groups in total. The largest absolute Gasteiger partial charge is 0.455 e. The van der Waals surface area contributed by atoms with E-state index in [4.69, 9.17) is 14.4 Å². The van der Waals surface area contributed by atoms with Crippen molar-refractivity contribution in [2.45, 2.75) is 6.92 Å². The number of hydrogen-bond acceptors (Lipinski definition) is 3. The molecule has 156 valence electrons. The highest BCUT2D eigenvalue weighted by Crippen LogP contribution is 2.39. The van der Waals surface area contributed by atoms with E-state index in [0.717, 1.165) is 66.6 Å². The summed E-state index contributed by atoms with van der Waals surface area (Å²) in [6.07, 6.45) is 0. The molecule has 0 amide bonds. The Labute approximate surface area is 189 Å². The average molecular weight is 425 g/mol. The third-order valence-corrected chi connectivity index (χ3v) is 6.36. The third-order valence-electron chi connectivity index (χ3n) is 6.36. The van der Waals surface area contributed by atoms with E-state index in [1.54, 1.807) is 0 Å². The number of imidazole rings is 1. The van der Waals surface area contributed by atoms with Gasteiger partial charge in [-0.3, -0.25) is 4.57 Å². The van der Waals surface area contributed by atoms with Crippen molar-refractivity contribution in [2.75, 3.05) is 0 Å². The van der Waals surface area contributed by atoms with E-state index in [2.05, 4.69) is 77.4 Å². The number of aromatic nitrogens is 3. The van der Waals surface area contributed by atoms with Gasteiger partial charge in [0.05, 0.1) is 5.56 Å². The Balaban J connectivity index is 1.67. The normalized spacial score (nSPS) is 11.8. The molecule has 33 heavy (non-hydrogen) atoms. The molecule has 0 aliphatic heterocycles. The Hall–Kier alpha value is -4.44. The molecule has 4 aromatic carbocycles. The predicted molar refractivity (Wildman–Crippen MR) is 134 cm³/mol. The number of pyridine rings is 1. The van der Waals surface area contributed by atoms with Gasteiger partial charge in [0.25, 0.3) is 0 Å². The standard InChI is InChI=1S/C29H19N3O/c1-18-20-12-5-6-14-22(20)26-28(30-18)31-29(32(26)19-10-3-2-4-11-19)24-16-9-15-23-21-13-7-8-17-25(21)33-27(23)24/h2-17H,1H3. The van der Waals surface area contributed by atoms with Gasteiger partial charge in [0.1, 0.15) is 16.7 Å². The maximum absolute atomic E-state index is 6.36. The van der Waals surface area contributed by atoms with Crippen LogP contribution in [0.4, 0.5) is 0 Å². The van der Waals surface area contributed by atoms with Crippen LogP contribution in [0.2, 0.25) is 0 Å². The lowest BCUT2D eigenvalue weighted by molar-refractivity contribution is 0.669. The first kappa shape index (κ1) is 18.2. The highest BCUT2D eigenvalue weighted by Gasteiger charge is 2.22. The molecule has 7 rings (SSSR count). The summed E-state index contributed by atoms with van der Waals surface area (Å²) in [5, 5.41) is 4.47. The number of benzene rings is 4. The molecule has 7 aromatic rings. The molecule has 0 radical (unpaired) electrons. The number of furan rings is 1. The monoisotopic (exact) mass is 425 g/mol. The fraction of sp³-hybridized carbons (Fsp3) is 0.0345. The lowest BCUT2D eigenvalue weighted by atomic mass is 10.1. The first-order valence-electron chi connectivity index (χ1n) is 11.0. The number of para-hydroxylation sites is 3. The highest BCUT2D eigenvalue weighted by molar-refractivity contribution is 6.11. The Bertz CT molecular complexity index is 1830. The zero-order chi connectivity index (χ0) is 21.9. The van der Waals surface area contributed by atoms with Crippen molar-refractivity contribution in [2.24, 2.45) is 0 Å². The summed E-state index contributed by atoms with van der Waals surface area (Å²) >= 11 is 0. The van der Waals surface area contributed by atoms with Crippen LogP contribution in [0.15, 0.2) is 101 Å². The average Bonchev–Trinajstić information content (AvgIpc) is 3.43. The van der Waals surface area contributed by atoms with Crippen LogP contribution in [0, 0.1) is 6.92 Å². The molecule has 0 saturated heterocycles. The maximum Gasteiger partial charge on any atom is 0.179 e. The molecule has 4 nitrogen and oxygen atoms in total. The fourth-order valence-corrected chi connectivity index (χ4v) is 4.88. The molecule has 0 bridgehead atoms. The molecule has 3 heterocycles. The van der Waals surface area contributed by atoms with Crippen molar-refractivity contribution < 1.29 is 4.42 Å². The molecule has 0 unspecified atom stereocenters. The van der Waals surface area contributed by atoms with Gasteiger partial charge in [0.15, 0.2) is 11.5 Å². The van der Waals surface area contributed by atoms with Crippen LogP contribution < -0.4 is 0 Å². The summed E-state index contributed by atoms with van der Waals surface area (Å²) in [5.74, 6) is 0.823. The molecular formula is C29H19N3O. The van der Waals surface area contributed by atoms with Crippen LogP contribution in [0.25, 0.3) is 61.0 Å². The maximum atomic E-state index is 6.36. The van der Waals surface area contributed by atoms with E-state index in [1.807, 2.05) is 31.2 Å². The second-order valence-electron chi connectivity index (χ2n) is 8.30. The summed E-state index contributed by atoms with van der Waals surface area (Å²) < 4.78 is 8.58. The first-order valence-corrected chi connectivity index (χ1v) is 11.0. The summed E-state index contributed by atoms with van der Waals surface area (Å²) in [7, 11) is 0. The van der Waals surface area contributed by atoms with Crippen molar-refractivity contribution in [3.8, 4) is 17.1 Å². The first-order chi connectivity index (χ1) is 16.3. The van der Waals surface area contributed by atoms with E-state index in [9.17, 15) is 0 Å². The molecule has 0 aliphatic rings. The quantitative estimate of drug-likeness (QED) is 0.289. The number of fused-ring (bicyclic) bond motifs is 6. The van der Waals surface area contributed by atoms with E-state index in [-0.39, 0.29) is 0 Å². The zero-order valence-electron chi connectivity index (χ0n) is 18.0. The van der Waals surface area contributed by atoms with Gasteiger partial charge in [0, 0.05) is 32.9 Å². The van der Waals surface area contributed by atoms with Gasteiger partial charge in [0.2, 0.25) is 0 Å². The Morgan fingerprint density at radius 1 is 0.636 bits per heavy atom. The van der Waals surface area contributed by atoms with Crippen LogP contribution in [-0.2, 0) is 0 Å². The number of hydrogen-bond donors (Lipinski definition) is 0. The van der Waals surface area contributed by atoms with E-state index < -0.39 is 0 Å². The van der Waals surface area contributed by atoms with Gasteiger partial charge < -0.3 is 4.42 Å². The van der Waals surface area contributed by atoms with Crippen molar-refractivity contribution >= 4 is 43.9 Å². The van der Waals surface area contributed by atoms with E-state index in [0.29, 0.717) is 0 Å². The minimum atomic E-state index is 0.734. The molecule has 0 fully saturated rings. The molecule has 0 spiro atoms. The van der Waals surface area contributed by atoms with E-state index >= 15 is 0 Å². The lowest BCUT2D eigenvalue weighted by Crippen LogP contribution is -1.98. The van der Waals surface area contributed by atoms with E-state index in [1.165, 1.54) is 0 Å². The van der Waals surface area contributed by atoms with Gasteiger partial charge in [-0.25, -0.2) is 9.97 Å². The SMILES string of the molecule is Cc1nc2nc(-c3cccc4c3oc3ccccc34)n(-c3ccccc3)c2c2ccccc12. The van der Waals surface area contributed by atoms with Crippen molar-refractivity contribution in [1.82, 2.24) is 14.5 Å². The Kier molecular flexibility index (Phi) is 3.73. The molecule has 0 saturated carbocycles. The smallest absolute Gasteiger partial charge is 0.179 e. The van der Waals surface area contributed by atoms with Crippen molar-refractivity contribution in [3.05, 3.63) is 103 Å². The summed E-state index contributed by atoms with van der Waals surface area (Å²) in [6, 6.07) is 33.2. The molecule has 0 atom stereocenters. The van der Waals surface area contributed by atoms with Gasteiger partial charge in [-0.1, -0.05) is 72.8 Å². The number of nitrogens with zero attached hydrogens (tertiary/aromatic N) is 3. The van der Waals surface area contributed by atoms with Crippen LogP contribution in [-0.4, -0.2) is 14.5 Å². The van der Waals surface area contributed by atoms with Gasteiger partial charge in [-0.05, 0) is 31.2 Å². The van der Waals surface area contributed by atoms with Crippen LogP contribution >= 0.6 is 0 Å². The van der Waals surface area contributed by atoms with Gasteiger partial charge >= 0.3 is 0 Å². The minimum absolute atomic E-state index is 0.734. The topological polar surface area (TPSA) is 43.9 Å². The van der Waals surface area contributed by atoms with Crippen molar-refractivity contribution in [1.29, 1.82) is 0 Å². The Morgan fingerprint density at radius 3 is 2.18 bits per heavy atom. The summed E-state index contributed by atoms with van der Waals surface area (Å²) in [5.41, 5.74) is 6.42. The number of aryl methyl sites for hydroxylation is 1.